The Balaban J connectivity index is 1.56. The highest BCUT2D eigenvalue weighted by molar-refractivity contribution is 5.74. The van der Waals surface area contributed by atoms with Crippen molar-refractivity contribution < 1.29 is 24.5 Å². The number of likely N-dealkylation sites (N-methyl/N-ethyl adjacent to an activating group) is 1. The van der Waals surface area contributed by atoms with Gasteiger partial charge in [0.15, 0.2) is 0 Å². The van der Waals surface area contributed by atoms with Crippen molar-refractivity contribution in [3.63, 3.8) is 0 Å². The zero-order valence-corrected chi connectivity index (χ0v) is 16.2. The number of pyridine rings is 1. The molecule has 0 radical (unpaired) electrons. The maximum absolute atomic E-state index is 12.3. The predicted octanol–water partition coefficient (Wildman–Crippen LogP) is -0.913. The number of hydrogen-bond donors (Lipinski definition) is 3. The molecule has 28 heavy (non-hydrogen) atoms. The first kappa shape index (κ1) is 20.9. The summed E-state index contributed by atoms with van der Waals surface area (Å²) >= 11 is 0. The maximum Gasteiger partial charge on any atom is 0.317 e. The second kappa shape index (κ2) is 10.1. The van der Waals surface area contributed by atoms with Crippen LogP contribution in [0, 0.1) is 0 Å². The number of morpholine rings is 1. The van der Waals surface area contributed by atoms with Crippen molar-refractivity contribution in [2.75, 3.05) is 53.0 Å². The van der Waals surface area contributed by atoms with Gasteiger partial charge in [0.25, 0.3) is 0 Å². The lowest BCUT2D eigenvalue weighted by molar-refractivity contribution is -0.0211. The van der Waals surface area contributed by atoms with E-state index in [2.05, 4.69) is 10.3 Å². The molecule has 0 aliphatic carbocycles. The molecule has 2 aliphatic rings. The molecule has 2 aliphatic heterocycles. The molecule has 2 amide bonds. The van der Waals surface area contributed by atoms with Crippen LogP contribution in [-0.2, 0) is 15.9 Å². The van der Waals surface area contributed by atoms with Crippen molar-refractivity contribution in [1.29, 1.82) is 0 Å². The predicted molar refractivity (Wildman–Crippen MR) is 102 cm³/mol. The Morgan fingerprint density at radius 1 is 1.36 bits per heavy atom. The molecule has 0 aromatic carbocycles. The van der Waals surface area contributed by atoms with E-state index in [9.17, 15) is 15.0 Å². The lowest BCUT2D eigenvalue weighted by Gasteiger charge is -2.31. The van der Waals surface area contributed by atoms with E-state index in [1.54, 1.807) is 11.1 Å². The third-order valence-corrected chi connectivity index (χ3v) is 5.35. The second-order valence-electron chi connectivity index (χ2n) is 7.21. The van der Waals surface area contributed by atoms with Crippen LogP contribution >= 0.6 is 0 Å². The number of nitrogens with zero attached hydrogens (tertiary/aromatic N) is 3. The average Bonchev–Trinajstić information content (AvgIpc) is 3.07. The van der Waals surface area contributed by atoms with Gasteiger partial charge in [-0.2, -0.15) is 0 Å². The summed E-state index contributed by atoms with van der Waals surface area (Å²) in [5.74, 6) is 0. The van der Waals surface area contributed by atoms with Gasteiger partial charge in [-0.05, 0) is 19.2 Å². The Morgan fingerprint density at radius 3 is 2.82 bits per heavy atom. The van der Waals surface area contributed by atoms with Gasteiger partial charge in [-0.25, -0.2) is 4.79 Å². The van der Waals surface area contributed by atoms with Crippen LogP contribution in [0.5, 0.6) is 0 Å². The highest BCUT2D eigenvalue weighted by Crippen LogP contribution is 2.25. The summed E-state index contributed by atoms with van der Waals surface area (Å²) in [6.07, 6.45) is 0.591. The van der Waals surface area contributed by atoms with E-state index >= 15 is 0 Å². The number of aliphatic hydroxyl groups is 2. The Hall–Kier alpha value is -1.78. The molecular formula is C19H30N4O5. The van der Waals surface area contributed by atoms with Gasteiger partial charge in [0.1, 0.15) is 12.2 Å². The molecule has 2 saturated heterocycles. The number of nitrogens with one attached hydrogen (secondary N) is 1. The molecule has 3 rings (SSSR count). The number of amides is 2. The zero-order chi connectivity index (χ0) is 19.9. The molecule has 9 nitrogen and oxygen atoms in total. The molecule has 156 valence electrons. The number of rotatable bonds is 7. The number of aromatic nitrogens is 1. The monoisotopic (exact) mass is 394 g/mol. The molecule has 0 bridgehead atoms. The van der Waals surface area contributed by atoms with E-state index in [1.807, 2.05) is 30.1 Å². The van der Waals surface area contributed by atoms with Crippen molar-refractivity contribution in [2.45, 2.75) is 30.8 Å². The number of carbonyl (C=O) groups is 1. The molecule has 1 aromatic heterocycles. The normalized spacial score (nSPS) is 27.9. The van der Waals surface area contributed by atoms with E-state index in [0.717, 1.165) is 12.1 Å². The molecule has 3 heterocycles. The summed E-state index contributed by atoms with van der Waals surface area (Å²) < 4.78 is 11.1. The molecule has 9 heteroatoms. The number of carbonyl (C=O) groups excluding carboxylic acids is 1. The fraction of sp³-hybridized carbons (Fsp3) is 0.684. The number of hydrogen-bond acceptors (Lipinski definition) is 7. The zero-order valence-electron chi connectivity index (χ0n) is 16.2. The Labute approximate surface area is 165 Å². The summed E-state index contributed by atoms with van der Waals surface area (Å²) in [5, 5.41) is 23.0. The third-order valence-electron chi connectivity index (χ3n) is 5.35. The van der Waals surface area contributed by atoms with Crippen LogP contribution in [0.3, 0.4) is 0 Å². The van der Waals surface area contributed by atoms with Crippen LogP contribution in [0.25, 0.3) is 0 Å². The van der Waals surface area contributed by atoms with Gasteiger partial charge < -0.3 is 29.9 Å². The van der Waals surface area contributed by atoms with Crippen LogP contribution in [0.1, 0.15) is 5.69 Å². The van der Waals surface area contributed by atoms with Gasteiger partial charge in [0.05, 0.1) is 32.0 Å². The molecule has 1 aromatic rings. The molecule has 0 spiro atoms. The van der Waals surface area contributed by atoms with Crippen LogP contribution in [0.4, 0.5) is 4.79 Å². The lowest BCUT2D eigenvalue weighted by Crippen LogP contribution is -2.52. The summed E-state index contributed by atoms with van der Waals surface area (Å²) in [7, 11) is 1.91. The lowest BCUT2D eigenvalue weighted by atomic mass is 10.0. The second-order valence-corrected chi connectivity index (χ2v) is 7.21. The highest BCUT2D eigenvalue weighted by atomic mass is 16.5. The van der Waals surface area contributed by atoms with Gasteiger partial charge in [-0.3, -0.25) is 9.88 Å². The van der Waals surface area contributed by atoms with E-state index in [1.165, 1.54) is 0 Å². The van der Waals surface area contributed by atoms with E-state index in [4.69, 9.17) is 9.47 Å². The van der Waals surface area contributed by atoms with Crippen molar-refractivity contribution >= 4 is 6.03 Å². The smallest absolute Gasteiger partial charge is 0.317 e. The SMILES string of the molecule is CN(CCc1ccccn1)[C@@H]1[C@H](O)[C@H](CO)O[C@@H]1CNC(=O)N1CCOCC1. The molecule has 0 unspecified atom stereocenters. The highest BCUT2D eigenvalue weighted by Gasteiger charge is 2.45. The topological polar surface area (TPSA) is 107 Å². The number of ether oxygens (including phenoxy) is 2. The molecule has 2 fully saturated rings. The van der Waals surface area contributed by atoms with Crippen molar-refractivity contribution in [1.82, 2.24) is 20.1 Å². The van der Waals surface area contributed by atoms with Gasteiger partial charge in [-0.1, -0.05) is 6.07 Å². The van der Waals surface area contributed by atoms with E-state index in [0.29, 0.717) is 32.8 Å². The van der Waals surface area contributed by atoms with Crippen LogP contribution in [0.2, 0.25) is 0 Å². The van der Waals surface area contributed by atoms with Crippen molar-refractivity contribution in [3.8, 4) is 0 Å². The Bertz CT molecular complexity index is 614. The van der Waals surface area contributed by atoms with Gasteiger partial charge in [-0.15, -0.1) is 0 Å². The number of urea groups is 1. The Morgan fingerprint density at radius 2 is 2.14 bits per heavy atom. The minimum Gasteiger partial charge on any atom is -0.394 e. The summed E-state index contributed by atoms with van der Waals surface area (Å²) in [6, 6.07) is 5.29. The molecule has 0 saturated carbocycles. The third kappa shape index (κ3) is 5.18. The van der Waals surface area contributed by atoms with Crippen molar-refractivity contribution in [2.24, 2.45) is 0 Å². The van der Waals surface area contributed by atoms with Gasteiger partial charge >= 0.3 is 6.03 Å². The fourth-order valence-electron chi connectivity index (χ4n) is 3.74. The van der Waals surface area contributed by atoms with Gasteiger partial charge in [0, 0.05) is 44.5 Å². The average molecular weight is 394 g/mol. The minimum absolute atomic E-state index is 0.163. The van der Waals surface area contributed by atoms with Crippen LogP contribution < -0.4 is 5.32 Å². The quantitative estimate of drug-likeness (QED) is 0.549. The first-order valence-corrected chi connectivity index (χ1v) is 9.75. The largest absolute Gasteiger partial charge is 0.394 e. The first-order valence-electron chi connectivity index (χ1n) is 9.75. The maximum atomic E-state index is 12.3. The molecule has 4 atom stereocenters. The van der Waals surface area contributed by atoms with Crippen LogP contribution in [0.15, 0.2) is 24.4 Å². The summed E-state index contributed by atoms with van der Waals surface area (Å²) in [4.78, 5) is 20.4. The molecular weight excluding hydrogens is 364 g/mol. The summed E-state index contributed by atoms with van der Waals surface area (Å²) in [5.41, 5.74) is 0.971. The van der Waals surface area contributed by atoms with E-state index in [-0.39, 0.29) is 25.2 Å². The van der Waals surface area contributed by atoms with E-state index < -0.39 is 18.3 Å². The standard InChI is InChI=1S/C19H30N4O5/c1-22(7-5-14-4-2-3-6-20-14)17-15(28-16(13-24)18(17)25)12-21-19(26)23-8-10-27-11-9-23/h2-4,6,15-18,24-25H,5,7-13H2,1H3,(H,21,26)/t15-,16+,17+,18-/m1/s1. The fourth-order valence-corrected chi connectivity index (χ4v) is 3.74. The minimum atomic E-state index is -0.830. The number of aliphatic hydroxyl groups excluding tert-OH is 2. The summed E-state index contributed by atoms with van der Waals surface area (Å²) in [6.45, 7) is 2.88. The van der Waals surface area contributed by atoms with Crippen molar-refractivity contribution in [3.05, 3.63) is 30.1 Å². The molecule has 3 N–H and O–H groups in total. The first-order chi connectivity index (χ1) is 13.6. The van der Waals surface area contributed by atoms with Gasteiger partial charge in [0.2, 0.25) is 0 Å². The Kier molecular flexibility index (Phi) is 7.57. The van der Waals surface area contributed by atoms with Crippen LogP contribution in [-0.4, -0.2) is 108 Å².